The van der Waals surface area contributed by atoms with Crippen LogP contribution in [0.25, 0.3) is 0 Å². The van der Waals surface area contributed by atoms with Crippen LogP contribution in [0.2, 0.25) is 0 Å². The van der Waals surface area contributed by atoms with E-state index in [1.165, 1.54) is 22.5 Å². The van der Waals surface area contributed by atoms with Gasteiger partial charge in [0, 0.05) is 43.2 Å². The number of nitrogens with zero attached hydrogens (tertiary/aromatic N) is 2. The minimum absolute atomic E-state index is 0. The minimum atomic E-state index is -3.58. The first kappa shape index (κ1) is 19.1. The van der Waals surface area contributed by atoms with E-state index in [1.54, 1.807) is 0 Å². The molecule has 0 spiro atoms. The van der Waals surface area contributed by atoms with Crippen molar-refractivity contribution in [1.82, 2.24) is 14.5 Å². The Kier molecular flexibility index (Phi) is 6.43. The van der Waals surface area contributed by atoms with Crippen LogP contribution < -0.4 is 5.32 Å². The number of piperazine rings is 1. The van der Waals surface area contributed by atoms with Crippen LogP contribution in [0.15, 0.2) is 27.6 Å². The fraction of sp³-hybridized carbons (Fsp3) is 0.571. The Hall–Kier alpha value is -0.250. The molecule has 0 amide bonds. The predicted octanol–water partition coefficient (Wildman–Crippen LogP) is 1.68. The van der Waals surface area contributed by atoms with E-state index in [4.69, 9.17) is 0 Å². The molecular formula is C14H20BrClFN3O2S. The van der Waals surface area contributed by atoms with Gasteiger partial charge in [-0.1, -0.05) is 0 Å². The van der Waals surface area contributed by atoms with Crippen LogP contribution in [0.5, 0.6) is 0 Å². The standard InChI is InChI=1S/C14H19BrFN3O2S.ClH/c15-13-9-11(16)1-2-14(13)22(20,21)19-7-5-18(6-8-19)12-3-4-17-10-12;/h1-2,9,12,17H,3-8,10H2;1H. The lowest BCUT2D eigenvalue weighted by Crippen LogP contribution is -2.52. The maximum Gasteiger partial charge on any atom is 0.244 e. The Morgan fingerprint density at radius 3 is 2.48 bits per heavy atom. The summed E-state index contributed by atoms with van der Waals surface area (Å²) >= 11 is 3.15. The van der Waals surface area contributed by atoms with Crippen LogP contribution in [-0.4, -0.2) is 62.9 Å². The molecule has 9 heteroatoms. The second-order valence-electron chi connectivity index (χ2n) is 5.66. The number of rotatable bonds is 3. The summed E-state index contributed by atoms with van der Waals surface area (Å²) in [6.07, 6.45) is 1.12. The molecule has 0 bridgehead atoms. The van der Waals surface area contributed by atoms with Gasteiger partial charge in [0.15, 0.2) is 0 Å². The van der Waals surface area contributed by atoms with Crippen LogP contribution in [0.1, 0.15) is 6.42 Å². The number of sulfonamides is 1. The third-order valence-electron chi connectivity index (χ3n) is 4.34. The molecule has 2 heterocycles. The molecule has 2 saturated heterocycles. The Balaban J connectivity index is 0.00000192. The van der Waals surface area contributed by atoms with Crippen molar-refractivity contribution in [3.05, 3.63) is 28.5 Å². The molecule has 1 aromatic carbocycles. The fourth-order valence-corrected chi connectivity index (χ4v) is 5.52. The van der Waals surface area contributed by atoms with Gasteiger partial charge in [-0.05, 0) is 47.1 Å². The molecule has 23 heavy (non-hydrogen) atoms. The van der Waals surface area contributed by atoms with Gasteiger partial charge in [0.25, 0.3) is 0 Å². The number of halogens is 3. The van der Waals surface area contributed by atoms with Crippen molar-refractivity contribution in [3.8, 4) is 0 Å². The van der Waals surface area contributed by atoms with Gasteiger partial charge in [-0.3, -0.25) is 4.90 Å². The van der Waals surface area contributed by atoms with Gasteiger partial charge in [0.2, 0.25) is 10.0 Å². The van der Waals surface area contributed by atoms with Crippen molar-refractivity contribution in [1.29, 1.82) is 0 Å². The average molecular weight is 429 g/mol. The largest absolute Gasteiger partial charge is 0.315 e. The van der Waals surface area contributed by atoms with E-state index in [-0.39, 0.29) is 21.8 Å². The molecule has 1 unspecified atom stereocenters. The number of benzene rings is 1. The Labute approximate surface area is 150 Å². The van der Waals surface area contributed by atoms with Crippen molar-refractivity contribution in [3.63, 3.8) is 0 Å². The molecule has 0 aromatic heterocycles. The summed E-state index contributed by atoms with van der Waals surface area (Å²) in [7, 11) is -3.58. The van der Waals surface area contributed by atoms with E-state index < -0.39 is 15.8 Å². The topological polar surface area (TPSA) is 52.7 Å². The van der Waals surface area contributed by atoms with Crippen molar-refractivity contribution in [2.75, 3.05) is 39.3 Å². The highest BCUT2D eigenvalue weighted by atomic mass is 79.9. The van der Waals surface area contributed by atoms with Gasteiger partial charge in [-0.25, -0.2) is 12.8 Å². The van der Waals surface area contributed by atoms with Crippen molar-refractivity contribution >= 4 is 38.4 Å². The monoisotopic (exact) mass is 427 g/mol. The summed E-state index contributed by atoms with van der Waals surface area (Å²) in [4.78, 5) is 2.48. The maximum absolute atomic E-state index is 13.2. The summed E-state index contributed by atoms with van der Waals surface area (Å²) in [5.41, 5.74) is 0. The predicted molar refractivity (Wildman–Crippen MR) is 93.0 cm³/mol. The van der Waals surface area contributed by atoms with Crippen LogP contribution in [-0.2, 0) is 10.0 Å². The van der Waals surface area contributed by atoms with Gasteiger partial charge in [0.05, 0.1) is 4.90 Å². The van der Waals surface area contributed by atoms with Crippen LogP contribution >= 0.6 is 28.3 Å². The summed E-state index contributed by atoms with van der Waals surface area (Å²) in [5, 5.41) is 3.33. The molecular weight excluding hydrogens is 409 g/mol. The molecule has 130 valence electrons. The summed E-state index contributed by atoms with van der Waals surface area (Å²) in [6.45, 7) is 4.45. The number of hydrogen-bond donors (Lipinski definition) is 1. The molecule has 3 rings (SSSR count). The SMILES string of the molecule is Cl.O=S(=O)(c1ccc(F)cc1Br)N1CCN(C2CCNC2)CC1. The smallest absolute Gasteiger partial charge is 0.244 e. The van der Waals surface area contributed by atoms with Crippen molar-refractivity contribution < 1.29 is 12.8 Å². The number of hydrogen-bond acceptors (Lipinski definition) is 4. The first-order valence-corrected chi connectivity index (χ1v) is 9.62. The van der Waals surface area contributed by atoms with E-state index in [9.17, 15) is 12.8 Å². The lowest BCUT2D eigenvalue weighted by atomic mass is 10.2. The minimum Gasteiger partial charge on any atom is -0.315 e. The summed E-state index contributed by atoms with van der Waals surface area (Å²) in [5.74, 6) is -0.454. The highest BCUT2D eigenvalue weighted by Gasteiger charge is 2.32. The highest BCUT2D eigenvalue weighted by molar-refractivity contribution is 9.10. The van der Waals surface area contributed by atoms with E-state index in [2.05, 4.69) is 26.1 Å². The van der Waals surface area contributed by atoms with E-state index in [0.717, 1.165) is 32.6 Å². The first-order chi connectivity index (χ1) is 10.5. The van der Waals surface area contributed by atoms with E-state index >= 15 is 0 Å². The normalized spacial score (nSPS) is 23.7. The van der Waals surface area contributed by atoms with Gasteiger partial charge in [-0.2, -0.15) is 4.31 Å². The molecule has 0 saturated carbocycles. The van der Waals surface area contributed by atoms with Crippen LogP contribution in [0.3, 0.4) is 0 Å². The second kappa shape index (κ2) is 7.76. The van der Waals surface area contributed by atoms with Crippen LogP contribution in [0, 0.1) is 5.82 Å². The highest BCUT2D eigenvalue weighted by Crippen LogP contribution is 2.27. The molecule has 2 aliphatic heterocycles. The molecule has 1 atom stereocenters. The Morgan fingerprint density at radius 2 is 1.91 bits per heavy atom. The Bertz CT molecular complexity index is 647. The second-order valence-corrected chi connectivity index (χ2v) is 8.42. The average Bonchev–Trinajstić information content (AvgIpc) is 3.01. The molecule has 2 fully saturated rings. The van der Waals surface area contributed by atoms with Gasteiger partial charge >= 0.3 is 0 Å². The zero-order valence-electron chi connectivity index (χ0n) is 12.5. The third kappa shape index (κ3) is 4.05. The summed E-state index contributed by atoms with van der Waals surface area (Å²) < 4.78 is 40.3. The molecule has 0 radical (unpaired) electrons. The maximum atomic E-state index is 13.2. The molecule has 5 nitrogen and oxygen atoms in total. The van der Waals surface area contributed by atoms with Gasteiger partial charge < -0.3 is 5.32 Å². The molecule has 1 aromatic rings. The van der Waals surface area contributed by atoms with Crippen molar-refractivity contribution in [2.45, 2.75) is 17.4 Å². The van der Waals surface area contributed by atoms with Gasteiger partial charge in [-0.15, -0.1) is 12.4 Å². The number of nitrogens with one attached hydrogen (secondary N) is 1. The zero-order valence-corrected chi connectivity index (χ0v) is 15.8. The lowest BCUT2D eigenvalue weighted by molar-refractivity contribution is 0.145. The van der Waals surface area contributed by atoms with E-state index in [0.29, 0.717) is 19.1 Å². The van der Waals surface area contributed by atoms with E-state index in [1.807, 2.05) is 0 Å². The summed E-state index contributed by atoms with van der Waals surface area (Å²) in [6, 6.07) is 4.20. The molecule has 0 aliphatic carbocycles. The van der Waals surface area contributed by atoms with Gasteiger partial charge in [0.1, 0.15) is 5.82 Å². The lowest BCUT2D eigenvalue weighted by Gasteiger charge is -2.37. The molecule has 1 N–H and O–H groups in total. The fourth-order valence-electron chi connectivity index (χ4n) is 3.08. The Morgan fingerprint density at radius 1 is 1.22 bits per heavy atom. The van der Waals surface area contributed by atoms with Crippen molar-refractivity contribution in [2.24, 2.45) is 0 Å². The molecule has 2 aliphatic rings. The quantitative estimate of drug-likeness (QED) is 0.796. The third-order valence-corrected chi connectivity index (χ3v) is 7.21. The zero-order chi connectivity index (χ0) is 15.7. The van der Waals surface area contributed by atoms with Crippen LogP contribution in [0.4, 0.5) is 4.39 Å². The first-order valence-electron chi connectivity index (χ1n) is 7.38.